The molecule has 5 rings (SSSR count). The molecule has 1 amide bonds. The van der Waals surface area contributed by atoms with Crippen LogP contribution in [0.5, 0.6) is 0 Å². The van der Waals surface area contributed by atoms with Crippen molar-refractivity contribution in [3.05, 3.63) is 99.3 Å². The van der Waals surface area contributed by atoms with Crippen molar-refractivity contribution < 1.29 is 4.79 Å². The highest BCUT2D eigenvalue weighted by atomic mass is 32.1. The summed E-state index contributed by atoms with van der Waals surface area (Å²) >= 11 is 1.29. The van der Waals surface area contributed by atoms with Crippen LogP contribution in [0, 0.1) is 6.92 Å². The van der Waals surface area contributed by atoms with Crippen LogP contribution >= 0.6 is 11.3 Å². The van der Waals surface area contributed by atoms with E-state index in [1.807, 2.05) is 49.4 Å². The van der Waals surface area contributed by atoms with Crippen LogP contribution in [0.25, 0.3) is 15.9 Å². The highest BCUT2D eigenvalue weighted by molar-refractivity contribution is 7.20. The first kappa shape index (κ1) is 21.8. The molecule has 7 nitrogen and oxygen atoms in total. The molecule has 5 aromatic rings. The normalized spacial score (nSPS) is 11.1. The zero-order chi connectivity index (χ0) is 23.7. The Morgan fingerprint density at radius 1 is 1.06 bits per heavy atom. The molecule has 2 N–H and O–H groups in total. The number of hydrogen-bond donors (Lipinski definition) is 2. The Bertz CT molecular complexity index is 1570. The zero-order valence-electron chi connectivity index (χ0n) is 18.8. The van der Waals surface area contributed by atoms with Gasteiger partial charge in [-0.15, -0.1) is 5.10 Å². The van der Waals surface area contributed by atoms with Crippen LogP contribution in [0.15, 0.2) is 71.5 Å². The monoisotopic (exact) mass is 469 g/mol. The topological polar surface area (TPSA) is 88.4 Å². The summed E-state index contributed by atoms with van der Waals surface area (Å²) in [6.07, 6.45) is 0.880. The lowest BCUT2D eigenvalue weighted by Crippen LogP contribution is -2.23. The number of rotatable bonds is 6. The third kappa shape index (κ3) is 4.27. The molecular formula is C26H23N5O2S. The molecule has 0 aliphatic heterocycles. The fourth-order valence-electron chi connectivity index (χ4n) is 3.76. The summed E-state index contributed by atoms with van der Waals surface area (Å²) in [5.41, 5.74) is 4.96. The van der Waals surface area contributed by atoms with Crippen molar-refractivity contribution in [2.45, 2.75) is 26.8 Å². The van der Waals surface area contributed by atoms with Gasteiger partial charge < -0.3 is 10.6 Å². The molecule has 3 aromatic carbocycles. The van der Waals surface area contributed by atoms with Crippen LogP contribution in [-0.2, 0) is 13.0 Å². The number of amides is 1. The van der Waals surface area contributed by atoms with Crippen molar-refractivity contribution in [3.8, 4) is 0 Å². The van der Waals surface area contributed by atoms with Gasteiger partial charge in [-0.05, 0) is 48.7 Å². The van der Waals surface area contributed by atoms with Crippen LogP contribution in [0.3, 0.4) is 0 Å². The molecule has 0 unspecified atom stereocenters. The highest BCUT2D eigenvalue weighted by Gasteiger charge is 2.14. The number of anilines is 2. The van der Waals surface area contributed by atoms with Gasteiger partial charge in [0.15, 0.2) is 0 Å². The predicted octanol–water partition coefficient (Wildman–Crippen LogP) is 4.85. The number of para-hydroxylation sites is 1. The lowest BCUT2D eigenvalue weighted by Gasteiger charge is -2.07. The van der Waals surface area contributed by atoms with E-state index in [0.29, 0.717) is 33.1 Å². The number of benzene rings is 3. The van der Waals surface area contributed by atoms with E-state index in [9.17, 15) is 9.59 Å². The highest BCUT2D eigenvalue weighted by Crippen LogP contribution is 2.25. The van der Waals surface area contributed by atoms with Gasteiger partial charge in [0.1, 0.15) is 0 Å². The number of aryl methyl sites for hydroxylation is 2. The van der Waals surface area contributed by atoms with E-state index in [4.69, 9.17) is 0 Å². The van der Waals surface area contributed by atoms with Gasteiger partial charge in [-0.3, -0.25) is 9.59 Å². The third-order valence-electron chi connectivity index (χ3n) is 5.67. The van der Waals surface area contributed by atoms with Crippen molar-refractivity contribution in [1.82, 2.24) is 19.9 Å². The van der Waals surface area contributed by atoms with Gasteiger partial charge >= 0.3 is 0 Å². The molecule has 0 aliphatic carbocycles. The van der Waals surface area contributed by atoms with Crippen molar-refractivity contribution in [2.75, 3.05) is 5.32 Å². The lowest BCUT2D eigenvalue weighted by atomic mass is 10.1. The first-order valence-corrected chi connectivity index (χ1v) is 11.9. The second-order valence-corrected chi connectivity index (χ2v) is 9.01. The Kier molecular flexibility index (Phi) is 5.81. The number of nitrogens with zero attached hydrogens (tertiary/aromatic N) is 3. The van der Waals surface area contributed by atoms with E-state index < -0.39 is 0 Å². The molecule has 0 bridgehead atoms. The van der Waals surface area contributed by atoms with Gasteiger partial charge in [0.05, 0.1) is 10.9 Å². The molecular weight excluding hydrogens is 446 g/mol. The Hall–Kier alpha value is -4.04. The molecule has 0 atom stereocenters. The Morgan fingerprint density at radius 2 is 1.85 bits per heavy atom. The smallest absolute Gasteiger partial charge is 0.283 e. The molecule has 2 heterocycles. The Balaban J connectivity index is 1.43. The van der Waals surface area contributed by atoms with Crippen LogP contribution in [0.2, 0.25) is 0 Å². The summed E-state index contributed by atoms with van der Waals surface area (Å²) in [6, 6.07) is 20.9. The van der Waals surface area contributed by atoms with Gasteiger partial charge in [0, 0.05) is 17.8 Å². The maximum absolute atomic E-state index is 13.0. The second kappa shape index (κ2) is 9.07. The minimum absolute atomic E-state index is 0.215. The minimum atomic E-state index is -0.264. The number of nitrogens with one attached hydrogen (secondary N) is 2. The predicted molar refractivity (Wildman–Crippen MR) is 136 cm³/mol. The zero-order valence-corrected chi connectivity index (χ0v) is 19.6. The maximum Gasteiger partial charge on any atom is 0.283 e. The summed E-state index contributed by atoms with van der Waals surface area (Å²) in [5, 5.41) is 11.7. The average Bonchev–Trinajstić information content (AvgIpc) is 3.26. The molecule has 0 fully saturated rings. The number of carbonyl (C=O) groups excluding carboxylic acids is 1. The number of hydrogen-bond acceptors (Lipinski definition) is 6. The summed E-state index contributed by atoms with van der Waals surface area (Å²) in [5.74, 6) is -0.215. The fourth-order valence-corrected chi connectivity index (χ4v) is 4.57. The van der Waals surface area contributed by atoms with E-state index >= 15 is 0 Å². The first-order chi connectivity index (χ1) is 16.5. The van der Waals surface area contributed by atoms with Gasteiger partial charge in [-0.25, -0.2) is 4.98 Å². The van der Waals surface area contributed by atoms with E-state index in [0.717, 1.165) is 23.2 Å². The second-order valence-electron chi connectivity index (χ2n) is 8.05. The van der Waals surface area contributed by atoms with Gasteiger partial charge in [0.25, 0.3) is 11.5 Å². The minimum Gasteiger partial charge on any atom is -0.348 e. The Labute approximate surface area is 200 Å². The van der Waals surface area contributed by atoms with Gasteiger partial charge in [-0.2, -0.15) is 4.52 Å². The molecule has 8 heteroatoms. The van der Waals surface area contributed by atoms with Crippen molar-refractivity contribution in [2.24, 2.45) is 0 Å². The summed E-state index contributed by atoms with van der Waals surface area (Å²) in [4.78, 5) is 30.8. The van der Waals surface area contributed by atoms with Crippen LogP contribution in [0.1, 0.15) is 34.0 Å². The third-order valence-corrected chi connectivity index (χ3v) is 6.50. The molecule has 0 spiro atoms. The van der Waals surface area contributed by atoms with E-state index in [1.54, 1.807) is 18.2 Å². The summed E-state index contributed by atoms with van der Waals surface area (Å²) < 4.78 is 1.31. The molecule has 170 valence electrons. The van der Waals surface area contributed by atoms with Crippen LogP contribution < -0.4 is 16.2 Å². The first-order valence-electron chi connectivity index (χ1n) is 11.0. The number of aromatic nitrogens is 3. The number of carbonyl (C=O) groups is 1. The lowest BCUT2D eigenvalue weighted by molar-refractivity contribution is 0.0951. The van der Waals surface area contributed by atoms with E-state index in [2.05, 4.69) is 33.7 Å². The molecule has 0 saturated carbocycles. The largest absolute Gasteiger partial charge is 0.348 e. The molecule has 0 aliphatic rings. The fraction of sp³-hybridized carbons (Fsp3) is 0.154. The summed E-state index contributed by atoms with van der Waals surface area (Å²) in [6.45, 7) is 4.54. The van der Waals surface area contributed by atoms with Gasteiger partial charge in [0.2, 0.25) is 10.1 Å². The van der Waals surface area contributed by atoms with E-state index in [1.165, 1.54) is 21.4 Å². The quantitative estimate of drug-likeness (QED) is 0.371. The van der Waals surface area contributed by atoms with Gasteiger partial charge in [-0.1, -0.05) is 66.3 Å². The van der Waals surface area contributed by atoms with Crippen LogP contribution in [0.4, 0.5) is 10.8 Å². The number of fused-ring (bicyclic) bond motifs is 2. The standard InChI is InChI=1S/C26H23N5O2S/c1-3-18-6-4-5-7-21(18)28-25-30-31-24(33)20-13-12-19(14-22(20)29-26(31)34-25)23(32)27-15-17-10-8-16(2)9-11-17/h4-14H,3,15H2,1-2H3,(H,27,32)(H,28,30). The molecule has 0 saturated heterocycles. The molecule has 2 aromatic heterocycles. The maximum atomic E-state index is 13.0. The summed E-state index contributed by atoms with van der Waals surface area (Å²) in [7, 11) is 0. The molecule has 34 heavy (non-hydrogen) atoms. The van der Waals surface area contributed by atoms with Crippen LogP contribution in [-0.4, -0.2) is 20.5 Å². The van der Waals surface area contributed by atoms with Crippen molar-refractivity contribution >= 4 is 43.9 Å². The molecule has 0 radical (unpaired) electrons. The van der Waals surface area contributed by atoms with Crippen molar-refractivity contribution in [3.63, 3.8) is 0 Å². The van der Waals surface area contributed by atoms with Crippen molar-refractivity contribution in [1.29, 1.82) is 0 Å². The van der Waals surface area contributed by atoms with E-state index in [-0.39, 0.29) is 11.5 Å². The SMILES string of the molecule is CCc1ccccc1Nc1nn2c(=O)c3ccc(C(=O)NCc4ccc(C)cc4)cc3nc2s1. The Morgan fingerprint density at radius 3 is 2.65 bits per heavy atom. The average molecular weight is 470 g/mol.